The van der Waals surface area contributed by atoms with Gasteiger partial charge in [0.15, 0.2) is 5.82 Å². The highest BCUT2D eigenvalue weighted by atomic mass is 79.9. The number of carbonyl (C=O) groups excluding carboxylic acids is 1. The van der Waals surface area contributed by atoms with Gasteiger partial charge in [-0.1, -0.05) is 40.5 Å². The van der Waals surface area contributed by atoms with Gasteiger partial charge in [0.05, 0.1) is 0 Å². The van der Waals surface area contributed by atoms with Gasteiger partial charge < -0.3 is 9.88 Å². The minimum Gasteiger partial charge on any atom is -0.322 e. The minimum atomic E-state index is -0.136. The molecule has 0 radical (unpaired) electrons. The number of aryl methyl sites for hydroxylation is 1. The van der Waals surface area contributed by atoms with Gasteiger partial charge in [-0.3, -0.25) is 4.79 Å². The average molecular weight is 411 g/mol. The number of nitrogens with zero attached hydrogens (tertiary/aromatic N) is 3. The van der Waals surface area contributed by atoms with E-state index >= 15 is 0 Å². The summed E-state index contributed by atoms with van der Waals surface area (Å²) in [6.07, 6.45) is 4.52. The number of anilines is 1. The molecule has 1 N–H and O–H groups in total. The molecule has 2 aromatic carbocycles. The van der Waals surface area contributed by atoms with Gasteiger partial charge in [-0.05, 0) is 43.2 Å². The molecule has 0 aliphatic carbocycles. The normalized spacial score (nSPS) is 13.7. The summed E-state index contributed by atoms with van der Waals surface area (Å²) in [5, 5.41) is 11.7. The number of benzene rings is 2. The fourth-order valence-corrected chi connectivity index (χ4v) is 3.67. The minimum absolute atomic E-state index is 0.136. The lowest BCUT2D eigenvalue weighted by Gasteiger charge is -2.10. The maximum atomic E-state index is 12.5. The zero-order chi connectivity index (χ0) is 17.9. The highest BCUT2D eigenvalue weighted by Crippen LogP contribution is 2.25. The Kier molecular flexibility index (Phi) is 4.84. The van der Waals surface area contributed by atoms with E-state index in [2.05, 4.69) is 36.0 Å². The van der Waals surface area contributed by atoms with Crippen molar-refractivity contribution < 1.29 is 4.79 Å². The van der Waals surface area contributed by atoms with Crippen LogP contribution >= 0.6 is 15.9 Å². The number of aromatic nitrogens is 3. The van der Waals surface area contributed by atoms with Crippen LogP contribution in [0.2, 0.25) is 0 Å². The Morgan fingerprint density at radius 3 is 2.81 bits per heavy atom. The molecule has 1 amide bonds. The van der Waals surface area contributed by atoms with Crippen molar-refractivity contribution in [2.45, 2.75) is 32.2 Å². The molecule has 0 spiro atoms. The van der Waals surface area contributed by atoms with Crippen LogP contribution in [-0.2, 0) is 13.0 Å². The molecule has 0 saturated heterocycles. The third kappa shape index (κ3) is 3.55. The summed E-state index contributed by atoms with van der Waals surface area (Å²) in [6.45, 7) is 0.951. The molecule has 0 fully saturated rings. The van der Waals surface area contributed by atoms with Crippen LogP contribution in [0, 0.1) is 0 Å². The van der Waals surface area contributed by atoms with E-state index in [1.807, 2.05) is 36.4 Å². The molecule has 132 valence electrons. The quantitative estimate of drug-likeness (QED) is 0.681. The summed E-state index contributed by atoms with van der Waals surface area (Å²) in [7, 11) is 0. The van der Waals surface area contributed by atoms with E-state index < -0.39 is 0 Å². The molecule has 4 rings (SSSR count). The molecule has 5 nitrogen and oxygen atoms in total. The summed E-state index contributed by atoms with van der Waals surface area (Å²) in [5.74, 6) is 1.80. The van der Waals surface area contributed by atoms with Gasteiger partial charge in [-0.15, -0.1) is 10.2 Å². The Bertz CT molecular complexity index is 950. The van der Waals surface area contributed by atoms with E-state index in [0.29, 0.717) is 5.56 Å². The molecule has 1 aliphatic heterocycles. The van der Waals surface area contributed by atoms with Crippen LogP contribution in [0.3, 0.4) is 0 Å². The fourth-order valence-electron chi connectivity index (χ4n) is 3.27. The zero-order valence-corrected chi connectivity index (χ0v) is 15.9. The number of hydrogen-bond donors (Lipinski definition) is 1. The first kappa shape index (κ1) is 17.0. The first-order chi connectivity index (χ1) is 12.7. The van der Waals surface area contributed by atoms with Crippen molar-refractivity contribution in [1.82, 2.24) is 14.8 Å². The second kappa shape index (κ2) is 7.41. The number of halogens is 1. The van der Waals surface area contributed by atoms with Crippen molar-refractivity contribution in [2.75, 3.05) is 5.32 Å². The number of amides is 1. The molecule has 6 heteroatoms. The van der Waals surface area contributed by atoms with Gasteiger partial charge >= 0.3 is 0 Å². The third-order valence-electron chi connectivity index (χ3n) is 4.57. The van der Waals surface area contributed by atoms with Crippen LogP contribution in [0.25, 0.3) is 11.4 Å². The predicted molar refractivity (Wildman–Crippen MR) is 105 cm³/mol. The highest BCUT2D eigenvalue weighted by Gasteiger charge is 2.16. The monoisotopic (exact) mass is 410 g/mol. The highest BCUT2D eigenvalue weighted by molar-refractivity contribution is 9.10. The molecule has 0 atom stereocenters. The Morgan fingerprint density at radius 1 is 1.04 bits per heavy atom. The van der Waals surface area contributed by atoms with Crippen LogP contribution in [-0.4, -0.2) is 20.7 Å². The lowest BCUT2D eigenvalue weighted by molar-refractivity contribution is 0.102. The molecule has 0 bridgehead atoms. The van der Waals surface area contributed by atoms with E-state index in [1.54, 1.807) is 12.1 Å². The molecular formula is C20H19BrN4O. The lowest BCUT2D eigenvalue weighted by Crippen LogP contribution is -2.12. The summed E-state index contributed by atoms with van der Waals surface area (Å²) in [4.78, 5) is 12.5. The van der Waals surface area contributed by atoms with Crippen LogP contribution in [0.5, 0.6) is 0 Å². The van der Waals surface area contributed by atoms with Gasteiger partial charge in [0.2, 0.25) is 0 Å². The van der Waals surface area contributed by atoms with Crippen molar-refractivity contribution in [3.63, 3.8) is 0 Å². The van der Waals surface area contributed by atoms with Gasteiger partial charge in [0, 0.05) is 34.3 Å². The summed E-state index contributed by atoms with van der Waals surface area (Å²) in [6, 6.07) is 15.1. The van der Waals surface area contributed by atoms with Crippen molar-refractivity contribution in [1.29, 1.82) is 0 Å². The van der Waals surface area contributed by atoms with Crippen molar-refractivity contribution in [3.05, 3.63) is 64.4 Å². The molecule has 2 heterocycles. The van der Waals surface area contributed by atoms with E-state index in [-0.39, 0.29) is 5.91 Å². The predicted octanol–water partition coefficient (Wildman–Crippen LogP) is 4.69. The maximum absolute atomic E-state index is 12.5. The SMILES string of the molecule is O=C(Nc1cccc(-c2nnc3n2CCCCC3)c1)c1cccc(Br)c1. The number of rotatable bonds is 3. The van der Waals surface area contributed by atoms with E-state index in [9.17, 15) is 4.79 Å². The van der Waals surface area contributed by atoms with Crippen LogP contribution < -0.4 is 5.32 Å². The molecule has 3 aromatic rings. The first-order valence-corrected chi connectivity index (χ1v) is 9.59. The molecular weight excluding hydrogens is 392 g/mol. The number of fused-ring (bicyclic) bond motifs is 1. The maximum Gasteiger partial charge on any atom is 0.255 e. The first-order valence-electron chi connectivity index (χ1n) is 8.80. The molecule has 1 aliphatic rings. The standard InChI is InChI=1S/C20H19BrN4O/c21-16-8-4-7-15(12-16)20(26)22-17-9-5-6-14(13-17)19-24-23-18-10-2-1-3-11-25(18)19/h4-9,12-13H,1-3,10-11H2,(H,22,26). The van der Waals surface area contributed by atoms with Gasteiger partial charge in [-0.2, -0.15) is 0 Å². The van der Waals surface area contributed by atoms with E-state index in [1.165, 1.54) is 12.8 Å². The smallest absolute Gasteiger partial charge is 0.255 e. The van der Waals surface area contributed by atoms with Crippen molar-refractivity contribution >= 4 is 27.5 Å². The average Bonchev–Trinajstić information content (AvgIpc) is 2.90. The van der Waals surface area contributed by atoms with E-state index in [4.69, 9.17) is 0 Å². The molecule has 1 aromatic heterocycles. The summed E-state index contributed by atoms with van der Waals surface area (Å²) < 4.78 is 3.09. The largest absolute Gasteiger partial charge is 0.322 e. The van der Waals surface area contributed by atoms with Crippen molar-refractivity contribution in [2.24, 2.45) is 0 Å². The number of nitrogens with one attached hydrogen (secondary N) is 1. The second-order valence-electron chi connectivity index (χ2n) is 6.45. The van der Waals surface area contributed by atoms with E-state index in [0.717, 1.165) is 46.8 Å². The summed E-state index contributed by atoms with van der Waals surface area (Å²) in [5.41, 5.74) is 2.33. The molecule has 0 unspecified atom stereocenters. The molecule has 0 saturated carbocycles. The Labute approximate surface area is 160 Å². The lowest BCUT2D eigenvalue weighted by atomic mass is 10.1. The fraction of sp³-hybridized carbons (Fsp3) is 0.250. The van der Waals surface area contributed by atoms with Gasteiger partial charge in [0.1, 0.15) is 5.82 Å². The Morgan fingerprint density at radius 2 is 1.92 bits per heavy atom. The van der Waals surface area contributed by atoms with Crippen LogP contribution in [0.1, 0.15) is 35.4 Å². The van der Waals surface area contributed by atoms with Gasteiger partial charge in [-0.25, -0.2) is 0 Å². The number of carbonyl (C=O) groups is 1. The summed E-state index contributed by atoms with van der Waals surface area (Å²) >= 11 is 3.40. The van der Waals surface area contributed by atoms with Crippen LogP contribution in [0.15, 0.2) is 53.0 Å². The second-order valence-corrected chi connectivity index (χ2v) is 7.36. The molecule has 26 heavy (non-hydrogen) atoms. The zero-order valence-electron chi connectivity index (χ0n) is 14.3. The third-order valence-corrected chi connectivity index (χ3v) is 5.07. The Hall–Kier alpha value is -2.47. The van der Waals surface area contributed by atoms with Gasteiger partial charge in [0.25, 0.3) is 5.91 Å². The number of hydrogen-bond acceptors (Lipinski definition) is 3. The van der Waals surface area contributed by atoms with Crippen LogP contribution in [0.4, 0.5) is 5.69 Å². The topological polar surface area (TPSA) is 59.8 Å². The Balaban J connectivity index is 1.59. The van der Waals surface area contributed by atoms with Crippen molar-refractivity contribution in [3.8, 4) is 11.4 Å².